The van der Waals surface area contributed by atoms with Gasteiger partial charge in [0.25, 0.3) is 0 Å². The van der Waals surface area contributed by atoms with E-state index in [1.807, 2.05) is 54.6 Å². The Morgan fingerprint density at radius 2 is 1.80 bits per heavy atom. The van der Waals surface area contributed by atoms with Crippen molar-refractivity contribution in [2.24, 2.45) is 0 Å². The van der Waals surface area contributed by atoms with Crippen molar-refractivity contribution in [3.63, 3.8) is 0 Å². The van der Waals surface area contributed by atoms with Crippen LogP contribution >= 0.6 is 15.9 Å². The Kier molecular flexibility index (Phi) is 3.45. The lowest BCUT2D eigenvalue weighted by atomic mass is 10.1. The molecule has 2 aromatic rings. The Morgan fingerprint density at radius 3 is 2.45 bits per heavy atom. The lowest BCUT2D eigenvalue weighted by Gasteiger charge is -2.04. The number of hydrogen-bond donors (Lipinski definition) is 0. The van der Waals surface area contributed by atoms with E-state index in [2.05, 4.69) is 15.9 Å². The fourth-order valence-electron chi connectivity index (χ4n) is 2.38. The molecule has 100 valence electrons. The summed E-state index contributed by atoms with van der Waals surface area (Å²) in [5.74, 6) is 0.905. The first kappa shape index (κ1) is 13.1. The zero-order valence-electron chi connectivity index (χ0n) is 11.0. The monoisotopic (exact) mass is 328 g/mol. The van der Waals surface area contributed by atoms with Crippen LogP contribution in [0, 0.1) is 0 Å². The van der Waals surface area contributed by atoms with Gasteiger partial charge in [0.2, 0.25) is 0 Å². The molecule has 0 aliphatic heterocycles. The molecule has 0 amide bonds. The molecule has 2 aromatic carbocycles. The smallest absolute Gasteiger partial charge is 0.190 e. The zero-order chi connectivity index (χ0) is 14.1. The van der Waals surface area contributed by atoms with Gasteiger partial charge in [-0.1, -0.05) is 52.3 Å². The van der Waals surface area contributed by atoms with Crippen LogP contribution in [0.25, 0.3) is 6.08 Å². The van der Waals surface area contributed by atoms with Gasteiger partial charge in [-0.15, -0.1) is 0 Å². The Labute approximate surface area is 126 Å². The van der Waals surface area contributed by atoms with Crippen LogP contribution in [0.2, 0.25) is 0 Å². The van der Waals surface area contributed by atoms with Gasteiger partial charge < -0.3 is 4.74 Å². The predicted octanol–water partition coefficient (Wildman–Crippen LogP) is 4.41. The van der Waals surface area contributed by atoms with Gasteiger partial charge in [-0.3, -0.25) is 4.79 Å². The first-order valence-electron chi connectivity index (χ1n) is 6.34. The fraction of sp³-hybridized carbons (Fsp3) is 0.118. The maximum atomic E-state index is 12.4. The number of ketones is 1. The number of alkyl halides is 1. The maximum Gasteiger partial charge on any atom is 0.190 e. The van der Waals surface area contributed by atoms with Crippen molar-refractivity contribution in [2.75, 3.05) is 7.11 Å². The average molecular weight is 329 g/mol. The summed E-state index contributed by atoms with van der Waals surface area (Å²) >= 11 is 3.62. The molecule has 0 aromatic heterocycles. The molecule has 0 N–H and O–H groups in total. The summed E-state index contributed by atoms with van der Waals surface area (Å²) in [5, 5.41) is 0. The van der Waals surface area contributed by atoms with Gasteiger partial charge in [-0.2, -0.15) is 0 Å². The highest BCUT2D eigenvalue weighted by atomic mass is 79.9. The molecule has 20 heavy (non-hydrogen) atoms. The van der Waals surface area contributed by atoms with Crippen LogP contribution < -0.4 is 4.74 Å². The molecule has 0 bridgehead atoms. The first-order chi connectivity index (χ1) is 9.70. The minimum atomic E-state index is -0.0340. The Hall–Kier alpha value is -1.87. The molecule has 1 unspecified atom stereocenters. The SMILES string of the molecule is COc1ccc(/C=C2/C(=O)c3ccccc3C2Br)cc1. The molecule has 0 radical (unpaired) electrons. The molecule has 3 heteroatoms. The lowest BCUT2D eigenvalue weighted by Crippen LogP contribution is -1.96. The van der Waals surface area contributed by atoms with Crippen molar-refractivity contribution in [2.45, 2.75) is 4.83 Å². The second-order valence-corrected chi connectivity index (χ2v) is 5.57. The Balaban J connectivity index is 1.99. The Morgan fingerprint density at radius 1 is 1.10 bits per heavy atom. The van der Waals surface area contributed by atoms with Crippen LogP contribution in [0.3, 0.4) is 0 Å². The van der Waals surface area contributed by atoms with Crippen molar-refractivity contribution in [1.29, 1.82) is 0 Å². The summed E-state index contributed by atoms with van der Waals surface area (Å²) in [4.78, 5) is 12.4. The molecule has 0 saturated heterocycles. The molecule has 0 spiro atoms. The van der Waals surface area contributed by atoms with Gasteiger partial charge in [0, 0.05) is 11.1 Å². The van der Waals surface area contributed by atoms with E-state index in [-0.39, 0.29) is 10.6 Å². The largest absolute Gasteiger partial charge is 0.497 e. The highest BCUT2D eigenvalue weighted by Gasteiger charge is 2.32. The van der Waals surface area contributed by atoms with Crippen LogP contribution in [-0.2, 0) is 0 Å². The number of benzene rings is 2. The summed E-state index contributed by atoms with van der Waals surface area (Å²) < 4.78 is 5.14. The number of allylic oxidation sites excluding steroid dienone is 1. The maximum absolute atomic E-state index is 12.4. The average Bonchev–Trinajstić information content (AvgIpc) is 2.74. The molecular weight excluding hydrogens is 316 g/mol. The minimum Gasteiger partial charge on any atom is -0.497 e. The van der Waals surface area contributed by atoms with Gasteiger partial charge in [-0.05, 0) is 29.3 Å². The van der Waals surface area contributed by atoms with Crippen LogP contribution in [0.1, 0.15) is 26.3 Å². The predicted molar refractivity (Wildman–Crippen MR) is 83.4 cm³/mol. The van der Waals surface area contributed by atoms with Crippen LogP contribution in [0.4, 0.5) is 0 Å². The standard InChI is InChI=1S/C17H13BrO2/c1-20-12-8-6-11(7-9-12)10-15-16(18)13-4-2-3-5-14(13)17(15)19/h2-10,16H,1H3/b15-10+. The number of carbonyl (C=O) groups is 1. The van der Waals surface area contributed by atoms with E-state index in [0.29, 0.717) is 0 Å². The van der Waals surface area contributed by atoms with E-state index in [0.717, 1.165) is 28.0 Å². The van der Waals surface area contributed by atoms with Gasteiger partial charge in [0.15, 0.2) is 5.78 Å². The molecule has 2 nitrogen and oxygen atoms in total. The number of rotatable bonds is 2. The highest BCUT2D eigenvalue weighted by Crippen LogP contribution is 2.42. The van der Waals surface area contributed by atoms with Crippen molar-refractivity contribution >= 4 is 27.8 Å². The number of ether oxygens (including phenoxy) is 1. The quantitative estimate of drug-likeness (QED) is 0.602. The second-order valence-electron chi connectivity index (χ2n) is 4.65. The molecule has 0 heterocycles. The molecule has 0 saturated carbocycles. The topological polar surface area (TPSA) is 26.3 Å². The highest BCUT2D eigenvalue weighted by molar-refractivity contribution is 9.09. The third kappa shape index (κ3) is 2.18. The summed E-state index contributed by atoms with van der Waals surface area (Å²) in [6, 6.07) is 15.4. The van der Waals surface area contributed by atoms with Crippen LogP contribution in [-0.4, -0.2) is 12.9 Å². The van der Waals surface area contributed by atoms with Gasteiger partial charge >= 0.3 is 0 Å². The van der Waals surface area contributed by atoms with E-state index in [4.69, 9.17) is 4.74 Å². The van der Waals surface area contributed by atoms with E-state index < -0.39 is 0 Å². The third-order valence-corrected chi connectivity index (χ3v) is 4.44. The van der Waals surface area contributed by atoms with Crippen molar-refractivity contribution < 1.29 is 9.53 Å². The normalized spacial score (nSPS) is 19.2. The summed E-state index contributed by atoms with van der Waals surface area (Å²) in [6.07, 6.45) is 1.93. The molecule has 1 atom stereocenters. The second kappa shape index (κ2) is 5.25. The minimum absolute atomic E-state index is 0.0340. The first-order valence-corrected chi connectivity index (χ1v) is 7.25. The van der Waals surface area contributed by atoms with E-state index in [1.54, 1.807) is 7.11 Å². The third-order valence-electron chi connectivity index (χ3n) is 3.45. The summed E-state index contributed by atoms with van der Waals surface area (Å²) in [5.41, 5.74) is 3.59. The number of halogens is 1. The number of carbonyl (C=O) groups excluding carboxylic acids is 1. The van der Waals surface area contributed by atoms with Gasteiger partial charge in [0.1, 0.15) is 5.75 Å². The van der Waals surface area contributed by atoms with Crippen molar-refractivity contribution in [1.82, 2.24) is 0 Å². The zero-order valence-corrected chi connectivity index (χ0v) is 12.6. The molecular formula is C17H13BrO2. The van der Waals surface area contributed by atoms with Crippen molar-refractivity contribution in [3.8, 4) is 5.75 Å². The molecule has 1 aliphatic carbocycles. The van der Waals surface area contributed by atoms with E-state index in [1.165, 1.54) is 0 Å². The molecule has 1 aliphatic rings. The Bertz CT molecular complexity index is 686. The number of hydrogen-bond acceptors (Lipinski definition) is 2. The van der Waals surface area contributed by atoms with Crippen LogP contribution in [0.15, 0.2) is 54.1 Å². The lowest BCUT2D eigenvalue weighted by molar-refractivity contribution is 0.104. The molecule has 0 fully saturated rings. The molecule has 3 rings (SSSR count). The summed E-state index contributed by atoms with van der Waals surface area (Å²) in [6.45, 7) is 0. The number of fused-ring (bicyclic) bond motifs is 1. The number of Topliss-reactive ketones (excluding diaryl/α,β-unsaturated/α-hetero) is 1. The fourth-order valence-corrected chi connectivity index (χ4v) is 3.12. The number of methoxy groups -OCH3 is 1. The summed E-state index contributed by atoms with van der Waals surface area (Å²) in [7, 11) is 1.64. The van der Waals surface area contributed by atoms with Gasteiger partial charge in [0.05, 0.1) is 11.9 Å². The van der Waals surface area contributed by atoms with E-state index in [9.17, 15) is 4.79 Å². The van der Waals surface area contributed by atoms with Gasteiger partial charge in [-0.25, -0.2) is 0 Å². The van der Waals surface area contributed by atoms with E-state index >= 15 is 0 Å². The van der Waals surface area contributed by atoms with Crippen molar-refractivity contribution in [3.05, 3.63) is 70.8 Å². The van der Waals surface area contributed by atoms with Crippen LogP contribution in [0.5, 0.6) is 5.75 Å².